The highest BCUT2D eigenvalue weighted by Gasteiger charge is 2.10. The van der Waals surface area contributed by atoms with Crippen molar-refractivity contribution >= 4 is 5.91 Å². The number of nitrogens with one attached hydrogen (secondary N) is 3. The number of carbonyl (C=O) groups excluding carboxylic acids is 1. The van der Waals surface area contributed by atoms with E-state index in [9.17, 15) is 18.8 Å². The molecule has 1 aromatic carbocycles. The molecule has 1 amide bonds. The Morgan fingerprint density at radius 1 is 1.21 bits per heavy atom. The van der Waals surface area contributed by atoms with Gasteiger partial charge in [-0.25, -0.2) is 9.18 Å². The van der Waals surface area contributed by atoms with Crippen molar-refractivity contribution in [3.05, 3.63) is 68.2 Å². The molecule has 0 unspecified atom stereocenters. The van der Waals surface area contributed by atoms with Crippen LogP contribution in [0.1, 0.15) is 15.9 Å². The molecule has 0 aliphatic heterocycles. The van der Waals surface area contributed by atoms with Crippen LogP contribution < -0.4 is 16.6 Å². The molecule has 6 nitrogen and oxygen atoms in total. The average Bonchev–Trinajstić information content (AvgIpc) is 2.37. The Kier molecular flexibility index (Phi) is 3.56. The van der Waals surface area contributed by atoms with E-state index >= 15 is 0 Å². The summed E-state index contributed by atoms with van der Waals surface area (Å²) < 4.78 is 12.7. The normalized spacial score (nSPS) is 10.2. The molecule has 7 heteroatoms. The summed E-state index contributed by atoms with van der Waals surface area (Å²) in [4.78, 5) is 38.0. The number of amides is 1. The number of aromatic nitrogens is 2. The molecule has 0 bridgehead atoms. The number of benzene rings is 1. The zero-order chi connectivity index (χ0) is 13.8. The molecular weight excluding hydrogens is 253 g/mol. The first-order valence-electron chi connectivity index (χ1n) is 5.41. The van der Waals surface area contributed by atoms with Crippen molar-refractivity contribution < 1.29 is 9.18 Å². The molecule has 0 saturated heterocycles. The first-order chi connectivity index (χ1) is 9.06. The SMILES string of the molecule is O=C(NCc1ccc(F)cc1)c1c[nH]c(=O)[nH]c1=O. The van der Waals surface area contributed by atoms with Crippen molar-refractivity contribution in [2.24, 2.45) is 0 Å². The largest absolute Gasteiger partial charge is 0.348 e. The molecule has 2 aromatic rings. The number of H-pyrrole nitrogens is 2. The standard InChI is InChI=1S/C12H10FN3O3/c13-8-3-1-7(2-4-8)5-14-10(17)9-6-15-12(19)16-11(9)18/h1-4,6H,5H2,(H,14,17)(H2,15,16,18,19). The van der Waals surface area contributed by atoms with Crippen LogP contribution in [0.2, 0.25) is 0 Å². The van der Waals surface area contributed by atoms with E-state index in [0.29, 0.717) is 5.56 Å². The first-order valence-corrected chi connectivity index (χ1v) is 5.41. The Morgan fingerprint density at radius 2 is 1.89 bits per heavy atom. The van der Waals surface area contributed by atoms with Gasteiger partial charge in [0.2, 0.25) is 0 Å². The minimum Gasteiger partial charge on any atom is -0.348 e. The van der Waals surface area contributed by atoms with Crippen LogP contribution in [0.3, 0.4) is 0 Å². The quantitative estimate of drug-likeness (QED) is 0.734. The third-order valence-electron chi connectivity index (χ3n) is 2.43. The van der Waals surface area contributed by atoms with Crippen molar-refractivity contribution in [3.63, 3.8) is 0 Å². The number of hydrogen-bond donors (Lipinski definition) is 3. The predicted molar refractivity (Wildman–Crippen MR) is 65.3 cm³/mol. The predicted octanol–water partition coefficient (Wildman–Crippen LogP) is 0.132. The van der Waals surface area contributed by atoms with E-state index in [4.69, 9.17) is 0 Å². The lowest BCUT2D eigenvalue weighted by Crippen LogP contribution is -2.33. The number of halogens is 1. The molecule has 3 N–H and O–H groups in total. The Labute approximate surface area is 106 Å². The van der Waals surface area contributed by atoms with Crippen molar-refractivity contribution in [2.75, 3.05) is 0 Å². The van der Waals surface area contributed by atoms with Gasteiger partial charge in [0.15, 0.2) is 0 Å². The van der Waals surface area contributed by atoms with E-state index in [1.165, 1.54) is 24.3 Å². The van der Waals surface area contributed by atoms with E-state index < -0.39 is 17.2 Å². The fraction of sp³-hybridized carbons (Fsp3) is 0.0833. The summed E-state index contributed by atoms with van der Waals surface area (Å²) in [5, 5.41) is 2.49. The lowest BCUT2D eigenvalue weighted by atomic mass is 10.2. The van der Waals surface area contributed by atoms with Gasteiger partial charge in [0.05, 0.1) is 0 Å². The van der Waals surface area contributed by atoms with Gasteiger partial charge in [-0.2, -0.15) is 0 Å². The monoisotopic (exact) mass is 263 g/mol. The lowest BCUT2D eigenvalue weighted by Gasteiger charge is -2.04. The van der Waals surface area contributed by atoms with Gasteiger partial charge in [0.25, 0.3) is 11.5 Å². The molecule has 0 radical (unpaired) electrons. The highest BCUT2D eigenvalue weighted by molar-refractivity contribution is 5.93. The Morgan fingerprint density at radius 3 is 2.53 bits per heavy atom. The van der Waals surface area contributed by atoms with Gasteiger partial charge < -0.3 is 10.3 Å². The van der Waals surface area contributed by atoms with Crippen LogP contribution in [-0.4, -0.2) is 15.9 Å². The number of rotatable bonds is 3. The maximum atomic E-state index is 12.7. The molecule has 98 valence electrons. The van der Waals surface area contributed by atoms with Crippen LogP contribution in [0.5, 0.6) is 0 Å². The van der Waals surface area contributed by atoms with Crippen LogP contribution in [0, 0.1) is 5.82 Å². The molecule has 19 heavy (non-hydrogen) atoms. The molecule has 0 aliphatic rings. The molecule has 2 rings (SSSR count). The smallest absolute Gasteiger partial charge is 0.325 e. The average molecular weight is 263 g/mol. The van der Waals surface area contributed by atoms with Crippen LogP contribution in [0.4, 0.5) is 4.39 Å². The maximum absolute atomic E-state index is 12.7. The van der Waals surface area contributed by atoms with Gasteiger partial charge in [0.1, 0.15) is 11.4 Å². The highest BCUT2D eigenvalue weighted by Crippen LogP contribution is 2.02. The third kappa shape index (κ3) is 3.15. The Balaban J connectivity index is 2.07. The molecule has 0 saturated carbocycles. The minimum atomic E-state index is -0.764. The summed E-state index contributed by atoms with van der Waals surface area (Å²) in [6.07, 6.45) is 1.04. The number of hydrogen-bond acceptors (Lipinski definition) is 3. The zero-order valence-electron chi connectivity index (χ0n) is 9.70. The summed E-state index contributed by atoms with van der Waals surface area (Å²) in [5.74, 6) is -0.992. The van der Waals surface area contributed by atoms with Crippen molar-refractivity contribution in [2.45, 2.75) is 6.54 Å². The Bertz CT molecular complexity index is 703. The van der Waals surface area contributed by atoms with Gasteiger partial charge in [-0.15, -0.1) is 0 Å². The topological polar surface area (TPSA) is 94.8 Å². The maximum Gasteiger partial charge on any atom is 0.325 e. The fourth-order valence-electron chi connectivity index (χ4n) is 1.46. The van der Waals surface area contributed by atoms with Crippen LogP contribution >= 0.6 is 0 Å². The Hall–Kier alpha value is -2.70. The van der Waals surface area contributed by atoms with E-state index in [2.05, 4.69) is 10.3 Å². The fourth-order valence-corrected chi connectivity index (χ4v) is 1.46. The van der Waals surface area contributed by atoms with Crippen molar-refractivity contribution in [3.8, 4) is 0 Å². The first kappa shape index (κ1) is 12.7. The van der Waals surface area contributed by atoms with Gasteiger partial charge in [-0.3, -0.25) is 14.6 Å². The van der Waals surface area contributed by atoms with Crippen molar-refractivity contribution in [1.29, 1.82) is 0 Å². The van der Waals surface area contributed by atoms with E-state index in [0.717, 1.165) is 6.20 Å². The van der Waals surface area contributed by atoms with Crippen LogP contribution in [0.15, 0.2) is 40.1 Å². The second-order valence-corrected chi connectivity index (χ2v) is 3.79. The van der Waals surface area contributed by atoms with Crippen molar-refractivity contribution in [1.82, 2.24) is 15.3 Å². The zero-order valence-corrected chi connectivity index (χ0v) is 9.70. The minimum absolute atomic E-state index is 0.150. The molecule has 1 heterocycles. The molecule has 0 atom stereocenters. The second-order valence-electron chi connectivity index (χ2n) is 3.79. The summed E-state index contributed by atoms with van der Waals surface area (Å²) in [7, 11) is 0. The molecular formula is C12H10FN3O3. The molecule has 1 aromatic heterocycles. The summed E-state index contributed by atoms with van der Waals surface area (Å²) >= 11 is 0. The summed E-state index contributed by atoms with van der Waals surface area (Å²) in [6.45, 7) is 0.150. The van der Waals surface area contributed by atoms with E-state index in [-0.39, 0.29) is 17.9 Å². The van der Waals surface area contributed by atoms with Crippen LogP contribution in [0.25, 0.3) is 0 Å². The highest BCUT2D eigenvalue weighted by atomic mass is 19.1. The van der Waals surface area contributed by atoms with Gasteiger partial charge in [-0.05, 0) is 17.7 Å². The molecule has 0 spiro atoms. The third-order valence-corrected chi connectivity index (χ3v) is 2.43. The van der Waals surface area contributed by atoms with Gasteiger partial charge >= 0.3 is 5.69 Å². The van der Waals surface area contributed by atoms with Gasteiger partial charge in [0, 0.05) is 12.7 Å². The summed E-state index contributed by atoms with van der Waals surface area (Å²) in [5.41, 5.74) is -0.947. The molecule has 0 fully saturated rings. The summed E-state index contributed by atoms with van der Waals surface area (Å²) in [6, 6.07) is 5.59. The molecule has 0 aliphatic carbocycles. The van der Waals surface area contributed by atoms with Crippen LogP contribution in [-0.2, 0) is 6.54 Å². The van der Waals surface area contributed by atoms with E-state index in [1.54, 1.807) is 0 Å². The van der Waals surface area contributed by atoms with E-state index in [1.807, 2.05) is 4.98 Å². The lowest BCUT2D eigenvalue weighted by molar-refractivity contribution is 0.0949. The number of carbonyl (C=O) groups is 1. The van der Waals surface area contributed by atoms with Gasteiger partial charge in [-0.1, -0.05) is 12.1 Å². The second kappa shape index (κ2) is 5.30. The number of aromatic amines is 2.